The van der Waals surface area contributed by atoms with Crippen LogP contribution in [0.3, 0.4) is 0 Å². The Balaban J connectivity index is 1.72. The molecule has 0 unspecified atom stereocenters. The van der Waals surface area contributed by atoms with E-state index in [0.717, 1.165) is 10.1 Å². The van der Waals surface area contributed by atoms with Crippen LogP contribution in [0.2, 0.25) is 0 Å². The largest absolute Gasteiger partial charge is 0.416 e. The summed E-state index contributed by atoms with van der Waals surface area (Å²) in [7, 11) is 1.40. The highest BCUT2D eigenvalue weighted by Crippen LogP contribution is 2.22. The van der Waals surface area contributed by atoms with Crippen molar-refractivity contribution in [3.8, 4) is 0 Å². The molecular formula is C16H15FN4O3S. The molecule has 3 rings (SSSR count). The SMILES string of the molecule is Cc1[nH]c(=O)n(C)c(=O)c1Cc1nnc(SCc2ccc(F)cc2)o1. The molecule has 0 aliphatic heterocycles. The van der Waals surface area contributed by atoms with Crippen molar-refractivity contribution >= 4 is 11.8 Å². The Labute approximate surface area is 145 Å². The molecule has 0 aliphatic rings. The summed E-state index contributed by atoms with van der Waals surface area (Å²) in [5.41, 5.74) is 0.955. The number of hydrogen-bond acceptors (Lipinski definition) is 6. The topological polar surface area (TPSA) is 93.8 Å². The quantitative estimate of drug-likeness (QED) is 0.696. The van der Waals surface area contributed by atoms with Gasteiger partial charge in [-0.1, -0.05) is 23.9 Å². The van der Waals surface area contributed by atoms with Crippen LogP contribution in [0.15, 0.2) is 43.5 Å². The van der Waals surface area contributed by atoms with Crippen LogP contribution in [0.1, 0.15) is 22.7 Å². The van der Waals surface area contributed by atoms with Gasteiger partial charge in [0.05, 0.1) is 6.42 Å². The summed E-state index contributed by atoms with van der Waals surface area (Å²) in [6.45, 7) is 1.65. The lowest BCUT2D eigenvalue weighted by molar-refractivity contribution is 0.419. The second-order valence-electron chi connectivity index (χ2n) is 5.45. The molecule has 3 aromatic rings. The maximum atomic E-state index is 12.9. The summed E-state index contributed by atoms with van der Waals surface area (Å²) in [4.78, 5) is 26.3. The molecule has 1 N–H and O–H groups in total. The number of rotatable bonds is 5. The number of thioether (sulfide) groups is 1. The van der Waals surface area contributed by atoms with Crippen molar-refractivity contribution in [3.63, 3.8) is 0 Å². The predicted octanol–water partition coefficient (Wildman–Crippen LogP) is 1.79. The molecule has 0 amide bonds. The number of aromatic nitrogens is 4. The van der Waals surface area contributed by atoms with Crippen molar-refractivity contribution in [2.24, 2.45) is 7.05 Å². The predicted molar refractivity (Wildman–Crippen MR) is 90.1 cm³/mol. The van der Waals surface area contributed by atoms with Gasteiger partial charge in [0.25, 0.3) is 10.8 Å². The number of nitrogens with one attached hydrogen (secondary N) is 1. The molecule has 7 nitrogen and oxygen atoms in total. The molecule has 0 fully saturated rings. The first-order valence-electron chi connectivity index (χ1n) is 7.42. The van der Waals surface area contributed by atoms with Crippen molar-refractivity contribution in [3.05, 3.63) is 73.6 Å². The summed E-state index contributed by atoms with van der Waals surface area (Å²) < 4.78 is 19.4. The van der Waals surface area contributed by atoms with Gasteiger partial charge in [-0.3, -0.25) is 9.36 Å². The first-order valence-corrected chi connectivity index (χ1v) is 8.41. The lowest BCUT2D eigenvalue weighted by Crippen LogP contribution is -2.36. The van der Waals surface area contributed by atoms with Crippen LogP contribution in [0, 0.1) is 12.7 Å². The van der Waals surface area contributed by atoms with E-state index in [1.807, 2.05) is 0 Å². The van der Waals surface area contributed by atoms with Crippen molar-refractivity contribution in [1.29, 1.82) is 0 Å². The summed E-state index contributed by atoms with van der Waals surface area (Å²) in [5, 5.41) is 8.23. The van der Waals surface area contributed by atoms with Gasteiger partial charge in [-0.25, -0.2) is 9.18 Å². The maximum Gasteiger partial charge on any atom is 0.328 e. The summed E-state index contributed by atoms with van der Waals surface area (Å²) in [5.74, 6) is 0.557. The third-order valence-corrected chi connectivity index (χ3v) is 4.56. The highest BCUT2D eigenvalue weighted by atomic mass is 32.2. The Kier molecular flexibility index (Phi) is 4.84. The van der Waals surface area contributed by atoms with E-state index in [1.54, 1.807) is 19.1 Å². The number of nitrogens with zero attached hydrogens (tertiary/aromatic N) is 3. The van der Waals surface area contributed by atoms with Crippen LogP contribution in [0.4, 0.5) is 4.39 Å². The van der Waals surface area contributed by atoms with Gasteiger partial charge in [-0.2, -0.15) is 0 Å². The average molecular weight is 362 g/mol. The standard InChI is InChI=1S/C16H15FN4O3S/c1-9-12(14(22)21(2)15(23)18-9)7-13-19-20-16(24-13)25-8-10-3-5-11(17)6-4-10/h3-6H,7-8H2,1-2H3,(H,18,23). The van der Waals surface area contributed by atoms with Gasteiger partial charge in [0.15, 0.2) is 0 Å². The number of hydrogen-bond donors (Lipinski definition) is 1. The Morgan fingerprint density at radius 1 is 1.24 bits per heavy atom. The van der Waals surface area contributed by atoms with Crippen molar-refractivity contribution in [2.75, 3.05) is 0 Å². The van der Waals surface area contributed by atoms with E-state index in [0.29, 0.717) is 22.2 Å². The molecule has 25 heavy (non-hydrogen) atoms. The number of aromatic amines is 1. The van der Waals surface area contributed by atoms with E-state index < -0.39 is 5.69 Å². The first-order chi connectivity index (χ1) is 11.9. The second-order valence-corrected chi connectivity index (χ2v) is 6.38. The first kappa shape index (κ1) is 17.2. The van der Waals surface area contributed by atoms with Crippen molar-refractivity contribution < 1.29 is 8.81 Å². The number of benzene rings is 1. The lowest BCUT2D eigenvalue weighted by atomic mass is 10.2. The molecule has 0 radical (unpaired) electrons. The fourth-order valence-electron chi connectivity index (χ4n) is 2.23. The fraction of sp³-hybridized carbons (Fsp3) is 0.250. The van der Waals surface area contributed by atoms with Crippen molar-refractivity contribution in [1.82, 2.24) is 19.7 Å². The molecule has 2 aromatic heterocycles. The second kappa shape index (κ2) is 7.06. The molecule has 0 saturated heterocycles. The summed E-state index contributed by atoms with van der Waals surface area (Å²) in [6, 6.07) is 6.16. The minimum absolute atomic E-state index is 0.138. The van der Waals surface area contributed by atoms with Crippen LogP contribution in [0.25, 0.3) is 0 Å². The highest BCUT2D eigenvalue weighted by Gasteiger charge is 2.14. The molecule has 0 saturated carbocycles. The zero-order valence-electron chi connectivity index (χ0n) is 13.6. The average Bonchev–Trinajstić information content (AvgIpc) is 3.04. The summed E-state index contributed by atoms with van der Waals surface area (Å²) in [6.07, 6.45) is 0.138. The van der Waals surface area contributed by atoms with E-state index in [9.17, 15) is 14.0 Å². The van der Waals surface area contributed by atoms with Crippen LogP contribution in [0.5, 0.6) is 0 Å². The van der Waals surface area contributed by atoms with Gasteiger partial charge < -0.3 is 9.40 Å². The third kappa shape index (κ3) is 3.87. The minimum Gasteiger partial charge on any atom is -0.416 e. The Morgan fingerprint density at radius 2 is 1.96 bits per heavy atom. The van der Waals surface area contributed by atoms with E-state index in [-0.39, 0.29) is 23.7 Å². The normalized spacial score (nSPS) is 11.0. The number of H-pyrrole nitrogens is 1. The molecule has 0 spiro atoms. The Bertz CT molecular complexity index is 1010. The van der Waals surface area contributed by atoms with Gasteiger partial charge in [0, 0.05) is 24.1 Å². The molecule has 130 valence electrons. The van der Waals surface area contributed by atoms with Crippen molar-refractivity contribution in [2.45, 2.75) is 24.3 Å². The van der Waals surface area contributed by atoms with E-state index in [2.05, 4.69) is 15.2 Å². The molecule has 1 aromatic carbocycles. The number of aryl methyl sites for hydroxylation is 1. The highest BCUT2D eigenvalue weighted by molar-refractivity contribution is 7.98. The maximum absolute atomic E-state index is 12.9. The molecule has 2 heterocycles. The van der Waals surface area contributed by atoms with Gasteiger partial charge in [-0.15, -0.1) is 10.2 Å². The Hall–Kier alpha value is -2.68. The monoisotopic (exact) mass is 362 g/mol. The van der Waals surface area contributed by atoms with Crippen LogP contribution in [-0.2, 0) is 19.2 Å². The molecule has 0 aliphatic carbocycles. The molecule has 9 heteroatoms. The molecular weight excluding hydrogens is 347 g/mol. The zero-order chi connectivity index (χ0) is 18.0. The third-order valence-electron chi connectivity index (χ3n) is 3.67. The van der Waals surface area contributed by atoms with E-state index in [4.69, 9.17) is 4.42 Å². The van der Waals surface area contributed by atoms with E-state index >= 15 is 0 Å². The number of halogens is 1. The molecule has 0 atom stereocenters. The van der Waals surface area contributed by atoms with E-state index in [1.165, 1.54) is 30.9 Å². The lowest BCUT2D eigenvalue weighted by Gasteiger charge is -2.04. The van der Waals surface area contributed by atoms with Crippen LogP contribution < -0.4 is 11.2 Å². The minimum atomic E-state index is -0.465. The Morgan fingerprint density at radius 3 is 2.68 bits per heavy atom. The smallest absolute Gasteiger partial charge is 0.328 e. The van der Waals surface area contributed by atoms with Gasteiger partial charge >= 0.3 is 5.69 Å². The van der Waals surface area contributed by atoms with Gasteiger partial charge in [0.1, 0.15) is 5.82 Å². The van der Waals surface area contributed by atoms with Crippen LogP contribution in [-0.4, -0.2) is 19.7 Å². The van der Waals surface area contributed by atoms with Crippen LogP contribution >= 0.6 is 11.8 Å². The van der Waals surface area contributed by atoms with Gasteiger partial charge in [-0.05, 0) is 24.6 Å². The zero-order valence-corrected chi connectivity index (χ0v) is 14.4. The summed E-state index contributed by atoms with van der Waals surface area (Å²) >= 11 is 1.32. The van der Waals surface area contributed by atoms with Gasteiger partial charge in [0.2, 0.25) is 5.89 Å². The fourth-order valence-corrected chi connectivity index (χ4v) is 2.96. The molecule has 0 bridgehead atoms.